The van der Waals surface area contributed by atoms with Gasteiger partial charge in [-0.25, -0.2) is 0 Å². The molecule has 1 rings (SSSR count). The summed E-state index contributed by atoms with van der Waals surface area (Å²) in [4.78, 5) is 11.4. The van der Waals surface area contributed by atoms with E-state index >= 15 is 0 Å². The van der Waals surface area contributed by atoms with Crippen LogP contribution in [0.1, 0.15) is 46.0 Å². The smallest absolute Gasteiger partial charge is 0.221 e. The van der Waals surface area contributed by atoms with Gasteiger partial charge in [-0.1, -0.05) is 26.7 Å². The zero-order chi connectivity index (χ0) is 10.6. The fourth-order valence-corrected chi connectivity index (χ4v) is 1.85. The highest BCUT2D eigenvalue weighted by Gasteiger charge is 2.36. The molecule has 3 N–H and O–H groups in total. The van der Waals surface area contributed by atoms with Crippen molar-refractivity contribution in [2.45, 2.75) is 58.0 Å². The molecule has 0 heterocycles. The molecule has 14 heavy (non-hydrogen) atoms. The maximum Gasteiger partial charge on any atom is 0.221 e. The molecule has 0 aromatic carbocycles. The molecular weight excluding hydrogens is 176 g/mol. The third-order valence-corrected chi connectivity index (χ3v) is 2.90. The minimum absolute atomic E-state index is 0.0406. The number of nitrogens with two attached hydrogens (primary N) is 1. The average Bonchev–Trinajstić information content (AvgIpc) is 2.83. The second-order valence-electron chi connectivity index (χ2n) is 4.33. The summed E-state index contributed by atoms with van der Waals surface area (Å²) in [6.45, 7) is 4.26. The molecule has 3 atom stereocenters. The van der Waals surface area contributed by atoms with Crippen molar-refractivity contribution in [3.63, 3.8) is 0 Å². The first-order valence-electron chi connectivity index (χ1n) is 5.72. The zero-order valence-corrected chi connectivity index (χ0v) is 9.25. The zero-order valence-electron chi connectivity index (χ0n) is 9.25. The summed E-state index contributed by atoms with van der Waals surface area (Å²) in [5.74, 6) is 0.855. The Hall–Kier alpha value is -0.570. The van der Waals surface area contributed by atoms with Gasteiger partial charge in [-0.2, -0.15) is 0 Å². The van der Waals surface area contributed by atoms with Gasteiger partial charge in [-0.05, 0) is 18.8 Å². The third-order valence-electron chi connectivity index (χ3n) is 2.90. The van der Waals surface area contributed by atoms with E-state index < -0.39 is 0 Å². The van der Waals surface area contributed by atoms with Gasteiger partial charge in [0.25, 0.3) is 0 Å². The fraction of sp³-hybridized carbons (Fsp3) is 0.909. The lowest BCUT2D eigenvalue weighted by Crippen LogP contribution is -2.33. The molecule has 1 aliphatic carbocycles. The SMILES string of the molecule is CCCC(N)CC(=O)NC1CC1CC. The Bertz CT molecular complexity index is 188. The topological polar surface area (TPSA) is 55.1 Å². The largest absolute Gasteiger partial charge is 0.353 e. The van der Waals surface area contributed by atoms with E-state index in [0.717, 1.165) is 25.2 Å². The van der Waals surface area contributed by atoms with E-state index in [0.29, 0.717) is 12.5 Å². The highest BCUT2D eigenvalue weighted by Crippen LogP contribution is 2.33. The summed E-state index contributed by atoms with van der Waals surface area (Å²) >= 11 is 0. The Balaban J connectivity index is 2.10. The summed E-state index contributed by atoms with van der Waals surface area (Å²) in [7, 11) is 0. The molecule has 0 aromatic rings. The molecule has 0 saturated heterocycles. The minimum atomic E-state index is 0.0406. The Morgan fingerprint density at radius 1 is 1.57 bits per heavy atom. The van der Waals surface area contributed by atoms with Crippen molar-refractivity contribution in [3.8, 4) is 0 Å². The molecule has 1 saturated carbocycles. The van der Waals surface area contributed by atoms with Crippen molar-refractivity contribution < 1.29 is 4.79 Å². The number of rotatable bonds is 6. The standard InChI is InChI=1S/C11H22N2O/c1-3-5-9(12)7-11(14)13-10-6-8(10)4-2/h8-10H,3-7,12H2,1-2H3,(H,13,14). The second-order valence-corrected chi connectivity index (χ2v) is 4.33. The van der Waals surface area contributed by atoms with Crippen molar-refractivity contribution >= 4 is 5.91 Å². The van der Waals surface area contributed by atoms with Gasteiger partial charge in [0.15, 0.2) is 0 Å². The summed E-state index contributed by atoms with van der Waals surface area (Å²) in [6, 6.07) is 0.486. The van der Waals surface area contributed by atoms with Crippen molar-refractivity contribution in [1.82, 2.24) is 5.32 Å². The molecule has 0 aromatic heterocycles. The molecule has 0 spiro atoms. The normalized spacial score (nSPS) is 27.1. The Labute approximate surface area is 86.4 Å². The number of hydrogen-bond acceptors (Lipinski definition) is 2. The third kappa shape index (κ3) is 3.66. The first-order valence-corrected chi connectivity index (χ1v) is 5.72. The van der Waals surface area contributed by atoms with Crippen LogP contribution in [-0.4, -0.2) is 18.0 Å². The highest BCUT2D eigenvalue weighted by atomic mass is 16.1. The number of carbonyl (C=O) groups is 1. The molecule has 1 aliphatic rings. The quantitative estimate of drug-likeness (QED) is 0.678. The lowest BCUT2D eigenvalue weighted by molar-refractivity contribution is -0.121. The molecule has 1 amide bonds. The monoisotopic (exact) mass is 198 g/mol. The second kappa shape index (κ2) is 5.35. The van der Waals surface area contributed by atoms with Gasteiger partial charge in [0, 0.05) is 18.5 Å². The van der Waals surface area contributed by atoms with Gasteiger partial charge in [-0.15, -0.1) is 0 Å². The van der Waals surface area contributed by atoms with Crippen LogP contribution in [-0.2, 0) is 4.79 Å². The van der Waals surface area contributed by atoms with Crippen LogP contribution in [0.4, 0.5) is 0 Å². The van der Waals surface area contributed by atoms with Crippen LogP contribution < -0.4 is 11.1 Å². The van der Waals surface area contributed by atoms with Crippen LogP contribution in [0.15, 0.2) is 0 Å². The van der Waals surface area contributed by atoms with Crippen LogP contribution in [0.3, 0.4) is 0 Å². The molecule has 3 unspecified atom stereocenters. The van der Waals surface area contributed by atoms with Crippen molar-refractivity contribution in [3.05, 3.63) is 0 Å². The molecule has 3 heteroatoms. The fourth-order valence-electron chi connectivity index (χ4n) is 1.85. The minimum Gasteiger partial charge on any atom is -0.353 e. The number of carbonyl (C=O) groups excluding carboxylic acids is 1. The van der Waals surface area contributed by atoms with Crippen molar-refractivity contribution in [2.75, 3.05) is 0 Å². The molecule has 0 bridgehead atoms. The van der Waals surface area contributed by atoms with Crippen LogP contribution in [0, 0.1) is 5.92 Å². The summed E-state index contributed by atoms with van der Waals surface area (Å²) in [5.41, 5.74) is 5.79. The molecule has 82 valence electrons. The lowest BCUT2D eigenvalue weighted by atomic mass is 10.1. The van der Waals surface area contributed by atoms with Crippen LogP contribution in [0.2, 0.25) is 0 Å². The molecule has 3 nitrogen and oxygen atoms in total. The van der Waals surface area contributed by atoms with E-state index in [9.17, 15) is 4.79 Å². The van der Waals surface area contributed by atoms with Crippen molar-refractivity contribution in [1.29, 1.82) is 0 Å². The predicted molar refractivity (Wildman–Crippen MR) is 57.8 cm³/mol. The predicted octanol–water partition coefficient (Wildman–Crippen LogP) is 1.42. The first-order chi connectivity index (χ1) is 6.67. The first kappa shape index (κ1) is 11.5. The summed E-state index contributed by atoms with van der Waals surface area (Å²) < 4.78 is 0. The highest BCUT2D eigenvalue weighted by molar-refractivity contribution is 5.77. The van der Waals surface area contributed by atoms with Gasteiger partial charge < -0.3 is 11.1 Å². The summed E-state index contributed by atoms with van der Waals surface area (Å²) in [5, 5.41) is 3.03. The van der Waals surface area contributed by atoms with E-state index in [1.54, 1.807) is 0 Å². The van der Waals surface area contributed by atoms with Crippen molar-refractivity contribution in [2.24, 2.45) is 11.7 Å². The van der Waals surface area contributed by atoms with Gasteiger partial charge in [-0.3, -0.25) is 4.79 Å². The van der Waals surface area contributed by atoms with Crippen LogP contribution >= 0.6 is 0 Å². The Morgan fingerprint density at radius 3 is 2.79 bits per heavy atom. The molecule has 1 fully saturated rings. The Kier molecular flexibility index (Phi) is 4.39. The van der Waals surface area contributed by atoms with Crippen LogP contribution in [0.25, 0.3) is 0 Å². The van der Waals surface area contributed by atoms with E-state index in [-0.39, 0.29) is 11.9 Å². The van der Waals surface area contributed by atoms with E-state index in [1.165, 1.54) is 6.42 Å². The molecule has 0 aliphatic heterocycles. The van der Waals surface area contributed by atoms with E-state index in [1.807, 2.05) is 0 Å². The van der Waals surface area contributed by atoms with E-state index in [2.05, 4.69) is 19.2 Å². The average molecular weight is 198 g/mol. The van der Waals surface area contributed by atoms with Gasteiger partial charge in [0.1, 0.15) is 0 Å². The summed E-state index contributed by atoms with van der Waals surface area (Å²) in [6.07, 6.45) is 4.81. The van der Waals surface area contributed by atoms with Gasteiger partial charge in [0.2, 0.25) is 5.91 Å². The number of amides is 1. The number of hydrogen-bond donors (Lipinski definition) is 2. The Morgan fingerprint density at radius 2 is 2.29 bits per heavy atom. The van der Waals surface area contributed by atoms with Gasteiger partial charge >= 0.3 is 0 Å². The van der Waals surface area contributed by atoms with E-state index in [4.69, 9.17) is 5.73 Å². The lowest BCUT2D eigenvalue weighted by Gasteiger charge is -2.10. The maximum atomic E-state index is 11.4. The van der Waals surface area contributed by atoms with Gasteiger partial charge in [0.05, 0.1) is 0 Å². The molecular formula is C11H22N2O. The maximum absolute atomic E-state index is 11.4. The number of nitrogens with one attached hydrogen (secondary N) is 1. The molecule has 0 radical (unpaired) electrons. The van der Waals surface area contributed by atoms with Crippen LogP contribution in [0.5, 0.6) is 0 Å².